The highest BCUT2D eigenvalue weighted by atomic mass is 16.5. The molecular weight excluding hydrogens is 418 g/mol. The number of methoxy groups -OCH3 is 2. The summed E-state index contributed by atoms with van der Waals surface area (Å²) in [5.74, 6) is -0.0229. The normalized spacial score (nSPS) is 13.9. The second-order valence-electron chi connectivity index (χ2n) is 7.36. The molecule has 6 nitrogen and oxygen atoms in total. The number of fused-ring (bicyclic) bond motifs is 1. The first-order chi connectivity index (χ1) is 15.9. The van der Waals surface area contributed by atoms with Crippen molar-refractivity contribution >= 4 is 22.5 Å². The fourth-order valence-corrected chi connectivity index (χ4v) is 3.66. The molecule has 0 fully saturated rings. The number of hydrogen-bond donors (Lipinski definition) is 1. The molecule has 0 radical (unpaired) electrons. The first-order valence-electron chi connectivity index (χ1n) is 10.3. The number of carbonyl (C=O) groups excluding carboxylic acids is 2. The third-order valence-electron chi connectivity index (χ3n) is 5.29. The molecule has 0 spiro atoms. The van der Waals surface area contributed by atoms with Gasteiger partial charge in [-0.3, -0.25) is 14.4 Å². The number of aryl methyl sites for hydroxylation is 1. The zero-order chi connectivity index (χ0) is 24.0. The van der Waals surface area contributed by atoms with Crippen molar-refractivity contribution in [2.45, 2.75) is 12.8 Å². The molecule has 0 saturated heterocycles. The number of ether oxygens (including phenoxy) is 2. The van der Waals surface area contributed by atoms with Gasteiger partial charge in [-0.1, -0.05) is 48.5 Å². The molecule has 0 bridgehead atoms. The number of aromatic nitrogens is 1. The van der Waals surface area contributed by atoms with Crippen LogP contribution in [0.15, 0.2) is 95.5 Å². The minimum absolute atomic E-state index is 0.0737. The van der Waals surface area contributed by atoms with E-state index in [1.807, 2.05) is 55.5 Å². The second-order valence-corrected chi connectivity index (χ2v) is 7.36. The van der Waals surface area contributed by atoms with Gasteiger partial charge in [0.2, 0.25) is 11.3 Å². The first-order valence-corrected chi connectivity index (χ1v) is 10.3. The van der Waals surface area contributed by atoms with Crippen molar-refractivity contribution < 1.29 is 19.1 Å². The van der Waals surface area contributed by atoms with Crippen LogP contribution >= 0.6 is 0 Å². The predicted octanol–water partition coefficient (Wildman–Crippen LogP) is 4.41. The molecule has 2 aromatic carbocycles. The number of benzene rings is 2. The van der Waals surface area contributed by atoms with E-state index in [2.05, 4.69) is 11.6 Å². The number of nitrogens with one attached hydrogen (secondary N) is 1. The van der Waals surface area contributed by atoms with Gasteiger partial charge in [0, 0.05) is 29.0 Å². The van der Waals surface area contributed by atoms with Gasteiger partial charge in [-0.15, -0.1) is 6.58 Å². The van der Waals surface area contributed by atoms with Gasteiger partial charge >= 0.3 is 0 Å². The van der Waals surface area contributed by atoms with Gasteiger partial charge in [-0.05, 0) is 30.2 Å². The average molecular weight is 443 g/mol. The summed E-state index contributed by atoms with van der Waals surface area (Å²) >= 11 is 0. The molecule has 1 N–H and O–H groups in total. The molecule has 4 rings (SSSR count). The standard InChI is InChI=1S/C16H14O3.C11H11NO2/c1-3-12(11-7-5-4-6-8-11)13-9-15(18)16(19-2)10-14(13)17;1-7-6-10(13)12-11-8(7)4-3-5-9(11)14-2/h3-10,12H,1H2,2H3;3-6H,1-2H3,(H,12,13). The van der Waals surface area contributed by atoms with Crippen LogP contribution in [0.2, 0.25) is 0 Å². The van der Waals surface area contributed by atoms with Crippen LogP contribution < -0.4 is 10.3 Å². The van der Waals surface area contributed by atoms with Gasteiger partial charge in [0.05, 0.1) is 19.7 Å². The molecule has 1 aromatic heterocycles. The zero-order valence-corrected chi connectivity index (χ0v) is 18.8. The summed E-state index contributed by atoms with van der Waals surface area (Å²) in [7, 11) is 2.97. The van der Waals surface area contributed by atoms with Crippen LogP contribution in [0.25, 0.3) is 10.9 Å². The molecule has 1 unspecified atom stereocenters. The number of aromatic amines is 1. The molecule has 0 amide bonds. The molecule has 0 saturated carbocycles. The van der Waals surface area contributed by atoms with Crippen molar-refractivity contribution in [3.63, 3.8) is 0 Å². The lowest BCUT2D eigenvalue weighted by Gasteiger charge is -2.18. The molecule has 168 valence electrons. The number of carbonyl (C=O) groups is 2. The van der Waals surface area contributed by atoms with Crippen LogP contribution in [-0.2, 0) is 14.3 Å². The Hall–Kier alpha value is -4.19. The van der Waals surface area contributed by atoms with Gasteiger partial charge in [0.25, 0.3) is 0 Å². The lowest BCUT2D eigenvalue weighted by atomic mass is 9.85. The van der Waals surface area contributed by atoms with Crippen molar-refractivity contribution in [1.82, 2.24) is 4.98 Å². The second kappa shape index (κ2) is 10.4. The van der Waals surface area contributed by atoms with E-state index in [1.165, 1.54) is 19.3 Å². The van der Waals surface area contributed by atoms with Crippen molar-refractivity contribution in [1.29, 1.82) is 0 Å². The topological polar surface area (TPSA) is 85.5 Å². The number of rotatable bonds is 5. The van der Waals surface area contributed by atoms with E-state index in [4.69, 9.17) is 9.47 Å². The summed E-state index contributed by atoms with van der Waals surface area (Å²) in [6, 6.07) is 16.8. The minimum Gasteiger partial charge on any atom is -0.495 e. The lowest BCUT2D eigenvalue weighted by Crippen LogP contribution is -2.18. The van der Waals surface area contributed by atoms with Gasteiger partial charge < -0.3 is 14.5 Å². The first kappa shape index (κ1) is 23.5. The Bertz CT molecular complexity index is 1320. The number of allylic oxidation sites excluding steroid dienone is 4. The number of H-pyrrole nitrogens is 1. The third kappa shape index (κ3) is 5.18. The number of hydrogen-bond acceptors (Lipinski definition) is 5. The van der Waals surface area contributed by atoms with Crippen LogP contribution in [0.1, 0.15) is 17.0 Å². The minimum atomic E-state index is -0.292. The van der Waals surface area contributed by atoms with Crippen molar-refractivity contribution in [2.24, 2.45) is 0 Å². The summed E-state index contributed by atoms with van der Waals surface area (Å²) in [4.78, 5) is 37.9. The maximum atomic E-state index is 12.1. The summed E-state index contributed by atoms with van der Waals surface area (Å²) < 4.78 is 10.0. The average Bonchev–Trinajstić information content (AvgIpc) is 2.82. The number of ketones is 2. The maximum absolute atomic E-state index is 12.1. The van der Waals surface area contributed by atoms with Crippen LogP contribution in [0.4, 0.5) is 0 Å². The van der Waals surface area contributed by atoms with Crippen LogP contribution in [-0.4, -0.2) is 30.8 Å². The number of para-hydroxylation sites is 1. The highest BCUT2D eigenvalue weighted by Crippen LogP contribution is 2.29. The Morgan fingerprint density at radius 3 is 2.27 bits per heavy atom. The van der Waals surface area contributed by atoms with E-state index < -0.39 is 0 Å². The Morgan fingerprint density at radius 1 is 0.909 bits per heavy atom. The zero-order valence-electron chi connectivity index (χ0n) is 18.8. The Balaban J connectivity index is 0.000000194. The fourth-order valence-electron chi connectivity index (χ4n) is 3.66. The molecule has 1 heterocycles. The van der Waals surface area contributed by atoms with Gasteiger partial charge in [0.15, 0.2) is 11.5 Å². The molecule has 6 heteroatoms. The van der Waals surface area contributed by atoms with Gasteiger partial charge in [-0.25, -0.2) is 0 Å². The highest BCUT2D eigenvalue weighted by Gasteiger charge is 2.26. The smallest absolute Gasteiger partial charge is 0.248 e. The SMILES string of the molecule is C=CC(C1=CC(=O)C(OC)=CC1=O)c1ccccc1.COc1cccc2c(C)cc(=O)[nH]c12. The van der Waals surface area contributed by atoms with Crippen molar-refractivity contribution in [2.75, 3.05) is 14.2 Å². The van der Waals surface area contributed by atoms with Crippen molar-refractivity contribution in [3.05, 3.63) is 112 Å². The van der Waals surface area contributed by atoms with E-state index in [0.29, 0.717) is 11.3 Å². The van der Waals surface area contributed by atoms with E-state index in [1.54, 1.807) is 19.3 Å². The molecule has 33 heavy (non-hydrogen) atoms. The van der Waals surface area contributed by atoms with Gasteiger partial charge in [-0.2, -0.15) is 0 Å². The summed E-state index contributed by atoms with van der Waals surface area (Å²) in [5.41, 5.74) is 2.98. The van der Waals surface area contributed by atoms with E-state index in [0.717, 1.165) is 22.0 Å². The van der Waals surface area contributed by atoms with Crippen molar-refractivity contribution in [3.8, 4) is 5.75 Å². The molecular formula is C27H25NO5. The molecule has 1 aliphatic carbocycles. The quantitative estimate of drug-likeness (QED) is 0.466. The lowest BCUT2D eigenvalue weighted by molar-refractivity contribution is -0.117. The number of pyridine rings is 1. The largest absolute Gasteiger partial charge is 0.495 e. The monoisotopic (exact) mass is 443 g/mol. The summed E-state index contributed by atoms with van der Waals surface area (Å²) in [6.07, 6.45) is 4.23. The Kier molecular flexibility index (Phi) is 7.41. The van der Waals surface area contributed by atoms with Crippen LogP contribution in [0.5, 0.6) is 5.75 Å². The predicted molar refractivity (Wildman–Crippen MR) is 128 cm³/mol. The van der Waals surface area contributed by atoms with Crippen LogP contribution in [0, 0.1) is 6.92 Å². The van der Waals surface area contributed by atoms with E-state index in [-0.39, 0.29) is 28.8 Å². The summed E-state index contributed by atoms with van der Waals surface area (Å²) in [6.45, 7) is 5.67. The maximum Gasteiger partial charge on any atom is 0.248 e. The Labute approximate surface area is 191 Å². The fraction of sp³-hybridized carbons (Fsp3) is 0.148. The molecule has 0 aliphatic heterocycles. The molecule has 1 aliphatic rings. The molecule has 3 aromatic rings. The molecule has 1 atom stereocenters. The van der Waals surface area contributed by atoms with E-state index >= 15 is 0 Å². The Morgan fingerprint density at radius 2 is 1.64 bits per heavy atom. The van der Waals surface area contributed by atoms with Crippen LogP contribution in [0.3, 0.4) is 0 Å². The highest BCUT2D eigenvalue weighted by molar-refractivity contribution is 6.19. The van der Waals surface area contributed by atoms with E-state index in [9.17, 15) is 14.4 Å². The third-order valence-corrected chi connectivity index (χ3v) is 5.29. The summed E-state index contributed by atoms with van der Waals surface area (Å²) in [5, 5.41) is 1.02. The van der Waals surface area contributed by atoms with Gasteiger partial charge in [0.1, 0.15) is 5.75 Å².